The maximum absolute atomic E-state index is 10.1. The zero-order chi connectivity index (χ0) is 19.0. The van der Waals surface area contributed by atoms with Gasteiger partial charge in [-0.15, -0.1) is 0 Å². The minimum atomic E-state index is -0.520. The van der Waals surface area contributed by atoms with Crippen LogP contribution in [-0.2, 0) is 4.74 Å². The Balaban J connectivity index is 1.68. The number of ether oxygens (including phenoxy) is 2. The molecule has 4 heterocycles. The number of hydrogen-bond acceptors (Lipinski definition) is 7. The summed E-state index contributed by atoms with van der Waals surface area (Å²) in [4.78, 5) is 10.8. The Bertz CT molecular complexity index is 942. The second-order valence-electron chi connectivity index (χ2n) is 6.96. The normalized spacial score (nSPS) is 20.0. The van der Waals surface area contributed by atoms with Crippen LogP contribution in [0.1, 0.15) is 13.8 Å². The van der Waals surface area contributed by atoms with Crippen LogP contribution >= 0.6 is 0 Å². The Labute approximate surface area is 157 Å². The van der Waals surface area contributed by atoms with Crippen molar-refractivity contribution in [2.75, 3.05) is 25.1 Å². The number of β-amino-alcohol motifs (C(OH)–C–C–N with tert-alkyl or cyclic N) is 1. The largest absolute Gasteiger partial charge is 0.475 e. The number of methoxy groups -OCH3 is 1. The molecule has 2 N–H and O–H groups in total. The van der Waals surface area contributed by atoms with E-state index in [1.807, 2.05) is 36.9 Å². The van der Waals surface area contributed by atoms with Gasteiger partial charge in [0, 0.05) is 43.4 Å². The van der Waals surface area contributed by atoms with E-state index in [9.17, 15) is 5.11 Å². The molecule has 1 fully saturated rings. The lowest BCUT2D eigenvalue weighted by molar-refractivity contribution is 0.0217. The number of aliphatic hydroxyl groups excluding tert-OH is 1. The lowest BCUT2D eigenvalue weighted by Crippen LogP contribution is -2.25. The molecule has 3 aromatic heterocycles. The van der Waals surface area contributed by atoms with Crippen LogP contribution in [0, 0.1) is 0 Å². The van der Waals surface area contributed by atoms with Crippen LogP contribution in [0.15, 0.2) is 30.6 Å². The summed E-state index contributed by atoms with van der Waals surface area (Å²) < 4.78 is 11.0. The molecule has 1 saturated heterocycles. The number of aliphatic hydroxyl groups is 1. The predicted octanol–water partition coefficient (Wildman–Crippen LogP) is 2.00. The summed E-state index contributed by atoms with van der Waals surface area (Å²) in [5.41, 5.74) is 2.59. The standard InChI is InChI=1S/C19H23N5O3/c1-11(2)27-18-7-13-14(8-21-18)22-23-19(13)12-4-5-20-17(6-12)24-9-15(25)16(10-24)26-3/h4-8,11,15-16,25H,9-10H2,1-3H3,(H,22,23)/t15-,16-/m0/s1. The van der Waals surface area contributed by atoms with Gasteiger partial charge in [-0.1, -0.05) is 0 Å². The molecule has 4 rings (SSSR count). The average Bonchev–Trinajstić information content (AvgIpc) is 3.24. The van der Waals surface area contributed by atoms with Crippen molar-refractivity contribution in [3.63, 3.8) is 0 Å². The molecule has 1 aliphatic rings. The van der Waals surface area contributed by atoms with E-state index >= 15 is 0 Å². The van der Waals surface area contributed by atoms with Crippen LogP contribution in [-0.4, -0.2) is 63.8 Å². The zero-order valence-corrected chi connectivity index (χ0v) is 15.6. The van der Waals surface area contributed by atoms with Crippen molar-refractivity contribution in [1.82, 2.24) is 20.2 Å². The molecule has 0 radical (unpaired) electrons. The second-order valence-corrected chi connectivity index (χ2v) is 6.96. The van der Waals surface area contributed by atoms with Gasteiger partial charge in [0.1, 0.15) is 17.6 Å². The number of H-pyrrole nitrogens is 1. The van der Waals surface area contributed by atoms with E-state index in [2.05, 4.69) is 20.2 Å². The Kier molecular flexibility index (Phi) is 4.67. The third-order valence-corrected chi connectivity index (χ3v) is 4.66. The molecule has 1 aliphatic heterocycles. The highest BCUT2D eigenvalue weighted by atomic mass is 16.5. The predicted molar refractivity (Wildman–Crippen MR) is 102 cm³/mol. The number of rotatable bonds is 5. The molecule has 3 aromatic rings. The number of anilines is 1. The van der Waals surface area contributed by atoms with Gasteiger partial charge >= 0.3 is 0 Å². The molecule has 0 saturated carbocycles. The number of pyridine rings is 2. The van der Waals surface area contributed by atoms with Crippen LogP contribution in [0.3, 0.4) is 0 Å². The fourth-order valence-electron chi connectivity index (χ4n) is 3.34. The average molecular weight is 369 g/mol. The lowest BCUT2D eigenvalue weighted by Gasteiger charge is -2.17. The van der Waals surface area contributed by atoms with Crippen LogP contribution in [0.5, 0.6) is 5.88 Å². The fourth-order valence-corrected chi connectivity index (χ4v) is 3.34. The number of aromatic amines is 1. The van der Waals surface area contributed by atoms with Gasteiger partial charge in [0.15, 0.2) is 0 Å². The fraction of sp³-hybridized carbons (Fsp3) is 0.421. The van der Waals surface area contributed by atoms with Gasteiger partial charge in [-0.25, -0.2) is 9.97 Å². The molecule has 0 aliphatic carbocycles. The van der Waals surface area contributed by atoms with Gasteiger partial charge in [-0.3, -0.25) is 5.10 Å². The van der Waals surface area contributed by atoms with Crippen LogP contribution in [0.2, 0.25) is 0 Å². The first kappa shape index (κ1) is 17.7. The van der Waals surface area contributed by atoms with E-state index in [1.54, 1.807) is 19.5 Å². The smallest absolute Gasteiger partial charge is 0.214 e. The van der Waals surface area contributed by atoms with Crippen molar-refractivity contribution in [3.8, 4) is 17.1 Å². The first-order chi connectivity index (χ1) is 13.0. The molecule has 0 unspecified atom stereocenters. The summed E-state index contributed by atoms with van der Waals surface area (Å²) in [5.74, 6) is 1.36. The van der Waals surface area contributed by atoms with E-state index < -0.39 is 6.10 Å². The summed E-state index contributed by atoms with van der Waals surface area (Å²) in [5, 5.41) is 18.5. The van der Waals surface area contributed by atoms with Gasteiger partial charge in [0.25, 0.3) is 0 Å². The molecule has 0 aromatic carbocycles. The molecular weight excluding hydrogens is 346 g/mol. The molecule has 0 amide bonds. The van der Waals surface area contributed by atoms with Gasteiger partial charge in [0.2, 0.25) is 5.88 Å². The van der Waals surface area contributed by atoms with E-state index in [0.29, 0.717) is 19.0 Å². The monoisotopic (exact) mass is 369 g/mol. The Morgan fingerprint density at radius 2 is 2.11 bits per heavy atom. The van der Waals surface area contributed by atoms with Crippen molar-refractivity contribution in [2.24, 2.45) is 0 Å². The van der Waals surface area contributed by atoms with E-state index in [1.165, 1.54) is 0 Å². The number of hydrogen-bond donors (Lipinski definition) is 2. The van der Waals surface area contributed by atoms with E-state index in [-0.39, 0.29) is 12.2 Å². The van der Waals surface area contributed by atoms with Gasteiger partial charge in [0.05, 0.1) is 23.9 Å². The van der Waals surface area contributed by atoms with Crippen LogP contribution < -0.4 is 9.64 Å². The minimum Gasteiger partial charge on any atom is -0.475 e. The summed E-state index contributed by atoms with van der Waals surface area (Å²) in [6.07, 6.45) is 2.81. The maximum Gasteiger partial charge on any atom is 0.214 e. The van der Waals surface area contributed by atoms with Crippen molar-refractivity contribution >= 4 is 16.7 Å². The number of fused-ring (bicyclic) bond motifs is 1. The number of nitrogens with zero attached hydrogens (tertiary/aromatic N) is 4. The molecule has 27 heavy (non-hydrogen) atoms. The van der Waals surface area contributed by atoms with Crippen LogP contribution in [0.25, 0.3) is 22.2 Å². The minimum absolute atomic E-state index is 0.0492. The molecule has 142 valence electrons. The van der Waals surface area contributed by atoms with Crippen molar-refractivity contribution in [1.29, 1.82) is 0 Å². The van der Waals surface area contributed by atoms with E-state index in [0.717, 1.165) is 28.0 Å². The van der Waals surface area contributed by atoms with Gasteiger partial charge in [-0.2, -0.15) is 5.10 Å². The van der Waals surface area contributed by atoms with Gasteiger partial charge < -0.3 is 19.5 Å². The molecule has 8 heteroatoms. The first-order valence-electron chi connectivity index (χ1n) is 8.98. The summed E-state index contributed by atoms with van der Waals surface area (Å²) in [7, 11) is 1.61. The topological polar surface area (TPSA) is 96.4 Å². The summed E-state index contributed by atoms with van der Waals surface area (Å²) >= 11 is 0. The van der Waals surface area contributed by atoms with Gasteiger partial charge in [-0.05, 0) is 26.0 Å². The number of nitrogens with one attached hydrogen (secondary N) is 1. The maximum atomic E-state index is 10.1. The van der Waals surface area contributed by atoms with Crippen molar-refractivity contribution in [3.05, 3.63) is 30.6 Å². The third kappa shape index (κ3) is 3.45. The SMILES string of the molecule is CO[C@H]1CN(c2cc(-c3n[nH]c4cnc(OC(C)C)cc34)ccn2)C[C@@H]1O. The Hall–Kier alpha value is -2.71. The molecule has 0 bridgehead atoms. The lowest BCUT2D eigenvalue weighted by atomic mass is 10.1. The van der Waals surface area contributed by atoms with Crippen LogP contribution in [0.4, 0.5) is 5.82 Å². The molecular formula is C19H23N5O3. The second kappa shape index (κ2) is 7.13. The quantitative estimate of drug-likeness (QED) is 0.710. The number of aromatic nitrogens is 4. The highest BCUT2D eigenvalue weighted by Crippen LogP contribution is 2.30. The summed E-state index contributed by atoms with van der Waals surface area (Å²) in [6.45, 7) is 5.03. The Morgan fingerprint density at radius 3 is 2.85 bits per heavy atom. The first-order valence-corrected chi connectivity index (χ1v) is 8.98. The Morgan fingerprint density at radius 1 is 1.26 bits per heavy atom. The molecule has 8 nitrogen and oxygen atoms in total. The highest BCUT2D eigenvalue weighted by Gasteiger charge is 2.32. The van der Waals surface area contributed by atoms with Crippen molar-refractivity contribution < 1.29 is 14.6 Å². The van der Waals surface area contributed by atoms with Crippen molar-refractivity contribution in [2.45, 2.75) is 32.2 Å². The van der Waals surface area contributed by atoms with E-state index in [4.69, 9.17) is 9.47 Å². The molecule has 0 spiro atoms. The molecule has 2 atom stereocenters. The third-order valence-electron chi connectivity index (χ3n) is 4.66. The zero-order valence-electron chi connectivity index (χ0n) is 15.6. The highest BCUT2D eigenvalue weighted by molar-refractivity contribution is 5.93. The summed E-state index contributed by atoms with van der Waals surface area (Å²) in [6, 6.07) is 5.79.